The van der Waals surface area contributed by atoms with Crippen molar-refractivity contribution in [3.63, 3.8) is 0 Å². The van der Waals surface area contributed by atoms with Crippen molar-refractivity contribution >= 4 is 11.8 Å². The van der Waals surface area contributed by atoms with E-state index in [0.717, 1.165) is 23.7 Å². The first-order chi connectivity index (χ1) is 13.7. The van der Waals surface area contributed by atoms with Gasteiger partial charge in [0.2, 0.25) is 5.16 Å². The molecule has 0 aliphatic carbocycles. The molecule has 2 N–H and O–H groups in total. The number of hydrogen-bond acceptors (Lipinski definition) is 6. The molecule has 2 aromatic carbocycles. The van der Waals surface area contributed by atoms with E-state index in [9.17, 15) is 0 Å². The minimum Gasteiger partial charge on any atom is -0.497 e. The highest BCUT2D eigenvalue weighted by molar-refractivity contribution is 7.98. The monoisotopic (exact) mass is 392 g/mol. The second-order valence-electron chi connectivity index (χ2n) is 6.15. The van der Waals surface area contributed by atoms with Gasteiger partial charge < -0.3 is 15.1 Å². The maximum absolute atomic E-state index is 6.22. The van der Waals surface area contributed by atoms with Crippen molar-refractivity contribution in [1.82, 2.24) is 24.4 Å². The van der Waals surface area contributed by atoms with Gasteiger partial charge in [-0.05, 0) is 29.8 Å². The van der Waals surface area contributed by atoms with Crippen molar-refractivity contribution < 1.29 is 4.74 Å². The molecule has 0 atom stereocenters. The van der Waals surface area contributed by atoms with Gasteiger partial charge in [0.05, 0.1) is 12.9 Å². The smallest absolute Gasteiger partial charge is 0.210 e. The first-order valence-corrected chi connectivity index (χ1v) is 9.75. The molecule has 0 bridgehead atoms. The molecule has 7 nitrogen and oxygen atoms in total. The summed E-state index contributed by atoms with van der Waals surface area (Å²) in [6, 6.07) is 17.9. The predicted octanol–water partition coefficient (Wildman–Crippen LogP) is 3.20. The summed E-state index contributed by atoms with van der Waals surface area (Å²) in [5.74, 6) is 9.22. The van der Waals surface area contributed by atoms with Gasteiger partial charge in [-0.2, -0.15) is 0 Å². The second kappa shape index (κ2) is 8.18. The lowest BCUT2D eigenvalue weighted by atomic mass is 10.2. The number of rotatable bonds is 7. The summed E-state index contributed by atoms with van der Waals surface area (Å²) in [5, 5.41) is 9.10. The van der Waals surface area contributed by atoms with E-state index in [1.165, 1.54) is 22.0 Å². The molecule has 0 amide bonds. The molecule has 142 valence electrons. The van der Waals surface area contributed by atoms with E-state index < -0.39 is 0 Å². The van der Waals surface area contributed by atoms with Crippen LogP contribution in [0.4, 0.5) is 0 Å². The van der Waals surface area contributed by atoms with Crippen molar-refractivity contribution in [3.05, 3.63) is 78.4 Å². The topological polar surface area (TPSA) is 83.8 Å². The fourth-order valence-electron chi connectivity index (χ4n) is 2.85. The highest BCUT2D eigenvalue weighted by Gasteiger charge is 2.14. The zero-order valence-electron chi connectivity index (χ0n) is 15.4. The number of hydrogen-bond donors (Lipinski definition) is 1. The molecule has 2 aromatic heterocycles. The third-order valence-electron chi connectivity index (χ3n) is 4.34. The van der Waals surface area contributed by atoms with Crippen molar-refractivity contribution in [2.45, 2.75) is 17.5 Å². The van der Waals surface area contributed by atoms with E-state index in [1.54, 1.807) is 7.11 Å². The summed E-state index contributed by atoms with van der Waals surface area (Å²) in [7, 11) is 1.64. The number of benzene rings is 2. The molecule has 0 aliphatic heterocycles. The fourth-order valence-corrected chi connectivity index (χ4v) is 3.67. The maximum atomic E-state index is 6.22. The summed E-state index contributed by atoms with van der Waals surface area (Å²) < 4.78 is 8.83. The third kappa shape index (κ3) is 3.86. The van der Waals surface area contributed by atoms with E-state index in [2.05, 4.69) is 31.9 Å². The van der Waals surface area contributed by atoms with Crippen LogP contribution in [0.25, 0.3) is 11.4 Å². The average molecular weight is 392 g/mol. The van der Waals surface area contributed by atoms with Crippen molar-refractivity contribution in [2.75, 3.05) is 13.0 Å². The number of ether oxygens (including phenoxy) is 1. The Morgan fingerprint density at radius 3 is 2.57 bits per heavy atom. The van der Waals surface area contributed by atoms with E-state index in [-0.39, 0.29) is 0 Å². The van der Waals surface area contributed by atoms with Gasteiger partial charge in [-0.3, -0.25) is 0 Å². The van der Waals surface area contributed by atoms with Crippen LogP contribution in [0.5, 0.6) is 5.75 Å². The number of methoxy groups -OCH3 is 1. The lowest BCUT2D eigenvalue weighted by Gasteiger charge is -2.08. The Balaban J connectivity index is 1.46. The summed E-state index contributed by atoms with van der Waals surface area (Å²) in [4.78, 5) is 4.47. The SMILES string of the molecule is COc1ccc(-c2nnc(SCc3nccn3Cc3ccccc3)n2N)cc1. The highest BCUT2D eigenvalue weighted by Crippen LogP contribution is 2.25. The Morgan fingerprint density at radius 1 is 1.04 bits per heavy atom. The first-order valence-electron chi connectivity index (χ1n) is 8.76. The third-order valence-corrected chi connectivity index (χ3v) is 5.28. The lowest BCUT2D eigenvalue weighted by molar-refractivity contribution is 0.415. The van der Waals surface area contributed by atoms with E-state index in [1.807, 2.05) is 54.9 Å². The fraction of sp³-hybridized carbons (Fsp3) is 0.150. The van der Waals surface area contributed by atoms with E-state index in [0.29, 0.717) is 16.7 Å². The minimum absolute atomic E-state index is 0.609. The largest absolute Gasteiger partial charge is 0.497 e. The van der Waals surface area contributed by atoms with Crippen molar-refractivity contribution in [1.29, 1.82) is 0 Å². The molecule has 4 aromatic rings. The molecule has 0 spiro atoms. The summed E-state index contributed by atoms with van der Waals surface area (Å²) in [5.41, 5.74) is 2.11. The van der Waals surface area contributed by atoms with Gasteiger partial charge in [0.25, 0.3) is 0 Å². The van der Waals surface area contributed by atoms with Crippen LogP contribution in [0.15, 0.2) is 72.1 Å². The van der Waals surface area contributed by atoms with Crippen LogP contribution in [-0.4, -0.2) is 31.5 Å². The normalized spacial score (nSPS) is 10.9. The maximum Gasteiger partial charge on any atom is 0.210 e. The molecule has 0 radical (unpaired) electrons. The predicted molar refractivity (Wildman–Crippen MR) is 109 cm³/mol. The Labute approximate surface area is 167 Å². The minimum atomic E-state index is 0.609. The summed E-state index contributed by atoms with van der Waals surface area (Å²) in [6.07, 6.45) is 3.80. The molecule has 0 fully saturated rings. The lowest BCUT2D eigenvalue weighted by Crippen LogP contribution is -2.12. The van der Waals surface area contributed by atoms with Gasteiger partial charge in [-0.1, -0.05) is 42.1 Å². The Morgan fingerprint density at radius 2 is 1.82 bits per heavy atom. The van der Waals surface area contributed by atoms with Crippen LogP contribution in [0, 0.1) is 0 Å². The standard InChI is InChI=1S/C20H20N6OS/c1-27-17-9-7-16(8-10-17)19-23-24-20(26(19)21)28-14-18-22-11-12-25(18)13-15-5-3-2-4-6-15/h2-12H,13-14,21H2,1H3. The summed E-state index contributed by atoms with van der Waals surface area (Å²) >= 11 is 1.51. The van der Waals surface area contributed by atoms with Gasteiger partial charge >= 0.3 is 0 Å². The number of nitrogens with zero attached hydrogens (tertiary/aromatic N) is 5. The first kappa shape index (κ1) is 18.1. The number of thioether (sulfide) groups is 1. The van der Waals surface area contributed by atoms with Crippen LogP contribution in [0.2, 0.25) is 0 Å². The Hall–Kier alpha value is -3.26. The van der Waals surface area contributed by atoms with Crippen LogP contribution in [0.3, 0.4) is 0 Å². The molecule has 0 aliphatic rings. The molecule has 8 heteroatoms. The average Bonchev–Trinajstić information content (AvgIpc) is 3.33. The van der Waals surface area contributed by atoms with E-state index in [4.69, 9.17) is 10.6 Å². The molecule has 0 saturated carbocycles. The van der Waals surface area contributed by atoms with Crippen LogP contribution in [0.1, 0.15) is 11.4 Å². The van der Waals surface area contributed by atoms with Gasteiger partial charge in [0.15, 0.2) is 5.82 Å². The zero-order valence-corrected chi connectivity index (χ0v) is 16.2. The number of nitrogen functional groups attached to an aromatic ring is 1. The molecule has 0 unspecified atom stereocenters. The number of imidazole rings is 1. The second-order valence-corrected chi connectivity index (χ2v) is 7.09. The van der Waals surface area contributed by atoms with Crippen molar-refractivity contribution in [3.8, 4) is 17.1 Å². The highest BCUT2D eigenvalue weighted by atomic mass is 32.2. The molecule has 28 heavy (non-hydrogen) atoms. The number of aromatic nitrogens is 5. The quantitative estimate of drug-likeness (QED) is 0.384. The van der Waals surface area contributed by atoms with Crippen LogP contribution >= 0.6 is 11.8 Å². The zero-order chi connectivity index (χ0) is 19.3. The molecule has 2 heterocycles. The molecular formula is C20H20N6OS. The van der Waals surface area contributed by atoms with Crippen LogP contribution in [-0.2, 0) is 12.3 Å². The van der Waals surface area contributed by atoms with Gasteiger partial charge in [-0.25, -0.2) is 9.66 Å². The van der Waals surface area contributed by atoms with Crippen molar-refractivity contribution in [2.24, 2.45) is 0 Å². The number of nitrogens with two attached hydrogens (primary N) is 1. The van der Waals surface area contributed by atoms with Gasteiger partial charge in [0.1, 0.15) is 11.6 Å². The van der Waals surface area contributed by atoms with Gasteiger partial charge in [0, 0.05) is 24.5 Å². The molecule has 4 rings (SSSR count). The summed E-state index contributed by atoms with van der Waals surface area (Å²) in [6.45, 7) is 0.781. The molecular weight excluding hydrogens is 372 g/mol. The molecule has 0 saturated heterocycles. The van der Waals surface area contributed by atoms with Gasteiger partial charge in [-0.15, -0.1) is 10.2 Å². The van der Waals surface area contributed by atoms with E-state index >= 15 is 0 Å². The Bertz CT molecular complexity index is 1040. The van der Waals surface area contributed by atoms with Crippen LogP contribution < -0.4 is 10.6 Å². The Kier molecular flexibility index (Phi) is 5.29.